The van der Waals surface area contributed by atoms with Gasteiger partial charge < -0.3 is 14.1 Å². The van der Waals surface area contributed by atoms with Gasteiger partial charge in [0.25, 0.3) is 5.91 Å². The molecule has 1 aliphatic heterocycles. The van der Waals surface area contributed by atoms with Crippen LogP contribution in [0.2, 0.25) is 0 Å². The molecule has 3 rings (SSSR count). The Morgan fingerprint density at radius 2 is 2.17 bits per heavy atom. The highest BCUT2D eigenvalue weighted by atomic mass is 79.9. The van der Waals surface area contributed by atoms with Crippen molar-refractivity contribution in [3.8, 4) is 0 Å². The number of rotatable bonds is 3. The summed E-state index contributed by atoms with van der Waals surface area (Å²) in [5, 5.41) is -0.347. The van der Waals surface area contributed by atoms with Crippen molar-refractivity contribution in [1.29, 1.82) is 0 Å². The molecular formula is C16H14BrNO4S. The van der Waals surface area contributed by atoms with Crippen LogP contribution in [0.5, 0.6) is 0 Å². The molecule has 1 aromatic heterocycles. The topological polar surface area (TPSA) is 59.8 Å². The maximum Gasteiger partial charge on any atom is 0.329 e. The van der Waals surface area contributed by atoms with Gasteiger partial charge >= 0.3 is 5.97 Å². The summed E-state index contributed by atoms with van der Waals surface area (Å²) in [6.07, 6.45) is 1.56. The second kappa shape index (κ2) is 6.80. The van der Waals surface area contributed by atoms with Crippen molar-refractivity contribution in [1.82, 2.24) is 4.90 Å². The molecule has 1 fully saturated rings. The largest absolute Gasteiger partial charge is 0.467 e. The van der Waals surface area contributed by atoms with Gasteiger partial charge in [-0.15, -0.1) is 11.8 Å². The Morgan fingerprint density at radius 3 is 2.83 bits per heavy atom. The summed E-state index contributed by atoms with van der Waals surface area (Å²) in [4.78, 5) is 26.6. The average molecular weight is 396 g/mol. The molecule has 5 nitrogen and oxygen atoms in total. The van der Waals surface area contributed by atoms with Gasteiger partial charge in [0, 0.05) is 15.8 Å². The zero-order chi connectivity index (χ0) is 16.4. The van der Waals surface area contributed by atoms with Gasteiger partial charge in [-0.2, -0.15) is 0 Å². The molecule has 0 bridgehead atoms. The molecule has 1 saturated heterocycles. The standard InChI is InChI=1S/C16H14BrNO4S/c1-21-16(20)12-9-23-15(13-6-3-7-22-13)18(12)14(19)10-4-2-5-11(17)8-10/h2-8,12,15H,9H2,1H3. The minimum Gasteiger partial charge on any atom is -0.467 e. The van der Waals surface area contributed by atoms with Crippen molar-refractivity contribution < 1.29 is 18.7 Å². The first-order valence-electron chi connectivity index (χ1n) is 6.93. The number of furan rings is 1. The molecule has 120 valence electrons. The third-order valence-corrected chi connectivity index (χ3v) is 5.34. The lowest BCUT2D eigenvalue weighted by Gasteiger charge is -2.27. The van der Waals surface area contributed by atoms with E-state index < -0.39 is 12.0 Å². The highest BCUT2D eigenvalue weighted by Crippen LogP contribution is 2.42. The van der Waals surface area contributed by atoms with Gasteiger partial charge in [0.2, 0.25) is 0 Å². The highest BCUT2D eigenvalue weighted by molar-refractivity contribution is 9.10. The molecule has 23 heavy (non-hydrogen) atoms. The minimum atomic E-state index is -0.633. The number of ether oxygens (including phenoxy) is 1. The van der Waals surface area contributed by atoms with Gasteiger partial charge in [0.15, 0.2) is 0 Å². The fourth-order valence-corrected chi connectivity index (χ4v) is 4.26. The van der Waals surface area contributed by atoms with E-state index in [0.717, 1.165) is 4.47 Å². The van der Waals surface area contributed by atoms with Crippen molar-refractivity contribution in [2.24, 2.45) is 0 Å². The molecule has 0 N–H and O–H groups in total. The van der Waals surface area contributed by atoms with Crippen molar-refractivity contribution in [2.45, 2.75) is 11.4 Å². The van der Waals surface area contributed by atoms with Gasteiger partial charge in [0.1, 0.15) is 17.2 Å². The minimum absolute atomic E-state index is 0.229. The number of hydrogen-bond donors (Lipinski definition) is 0. The third-order valence-electron chi connectivity index (χ3n) is 3.57. The summed E-state index contributed by atoms with van der Waals surface area (Å²) in [6.45, 7) is 0. The van der Waals surface area contributed by atoms with Gasteiger partial charge in [-0.05, 0) is 30.3 Å². The van der Waals surface area contributed by atoms with Crippen LogP contribution >= 0.6 is 27.7 Å². The number of amides is 1. The Balaban J connectivity index is 1.97. The summed E-state index contributed by atoms with van der Waals surface area (Å²) in [5.74, 6) is 0.463. The normalized spacial score (nSPS) is 20.5. The van der Waals surface area contributed by atoms with Crippen LogP contribution in [0.15, 0.2) is 51.6 Å². The summed E-state index contributed by atoms with van der Waals surface area (Å²) in [6, 6.07) is 10.0. The van der Waals surface area contributed by atoms with E-state index in [9.17, 15) is 9.59 Å². The summed E-state index contributed by atoms with van der Waals surface area (Å²) in [5.41, 5.74) is 0.507. The Labute approximate surface area is 146 Å². The van der Waals surface area contributed by atoms with E-state index in [4.69, 9.17) is 9.15 Å². The Bertz CT molecular complexity index is 719. The molecule has 2 unspecified atom stereocenters. The van der Waals surface area contributed by atoms with Gasteiger partial charge in [-0.1, -0.05) is 22.0 Å². The summed E-state index contributed by atoms with van der Waals surface area (Å²) < 4.78 is 11.1. The second-order valence-corrected chi connectivity index (χ2v) is 6.99. The summed E-state index contributed by atoms with van der Waals surface area (Å²) in [7, 11) is 1.33. The molecule has 0 spiro atoms. The molecule has 0 aliphatic carbocycles. The molecular weight excluding hydrogens is 382 g/mol. The maximum atomic E-state index is 13.0. The summed E-state index contributed by atoms with van der Waals surface area (Å²) >= 11 is 4.85. The fourth-order valence-electron chi connectivity index (χ4n) is 2.49. The van der Waals surface area contributed by atoms with Gasteiger partial charge in [-0.25, -0.2) is 4.79 Å². The molecule has 1 aliphatic rings. The molecule has 1 amide bonds. The fraction of sp³-hybridized carbons (Fsp3) is 0.250. The lowest BCUT2D eigenvalue weighted by molar-refractivity contribution is -0.145. The predicted molar refractivity (Wildman–Crippen MR) is 90.0 cm³/mol. The maximum absolute atomic E-state index is 13.0. The number of carbonyl (C=O) groups excluding carboxylic acids is 2. The van der Waals surface area contributed by atoms with Crippen LogP contribution in [0.4, 0.5) is 0 Å². The number of esters is 1. The van der Waals surface area contributed by atoms with Crippen LogP contribution in [0.1, 0.15) is 21.5 Å². The van der Waals surface area contributed by atoms with E-state index >= 15 is 0 Å². The molecule has 2 atom stereocenters. The van der Waals surface area contributed by atoms with E-state index in [-0.39, 0.29) is 11.3 Å². The van der Waals surface area contributed by atoms with Crippen LogP contribution in [0, 0.1) is 0 Å². The highest BCUT2D eigenvalue weighted by Gasteiger charge is 2.44. The van der Waals surface area contributed by atoms with E-state index in [1.807, 2.05) is 6.07 Å². The molecule has 2 aromatic rings. The zero-order valence-electron chi connectivity index (χ0n) is 12.3. The quantitative estimate of drug-likeness (QED) is 0.744. The van der Waals surface area contributed by atoms with E-state index in [1.165, 1.54) is 23.8 Å². The van der Waals surface area contributed by atoms with Crippen molar-refractivity contribution in [2.75, 3.05) is 12.9 Å². The van der Waals surface area contributed by atoms with Crippen LogP contribution in [-0.2, 0) is 9.53 Å². The molecule has 1 aromatic carbocycles. The Morgan fingerprint density at radius 1 is 1.35 bits per heavy atom. The van der Waals surface area contributed by atoms with Crippen LogP contribution in [0.3, 0.4) is 0 Å². The van der Waals surface area contributed by atoms with Gasteiger partial charge in [0.05, 0.1) is 13.4 Å². The van der Waals surface area contributed by atoms with E-state index in [2.05, 4.69) is 15.9 Å². The van der Waals surface area contributed by atoms with Gasteiger partial charge in [-0.3, -0.25) is 4.79 Å². The number of benzene rings is 1. The number of carbonyl (C=O) groups is 2. The van der Waals surface area contributed by atoms with Crippen molar-refractivity contribution in [3.05, 3.63) is 58.5 Å². The number of hydrogen-bond acceptors (Lipinski definition) is 5. The lowest BCUT2D eigenvalue weighted by atomic mass is 10.1. The molecule has 0 radical (unpaired) electrons. The monoisotopic (exact) mass is 395 g/mol. The van der Waals surface area contributed by atoms with Crippen molar-refractivity contribution >= 4 is 39.6 Å². The first-order valence-corrected chi connectivity index (χ1v) is 8.77. The number of thioether (sulfide) groups is 1. The zero-order valence-corrected chi connectivity index (χ0v) is 14.7. The lowest BCUT2D eigenvalue weighted by Crippen LogP contribution is -2.43. The molecule has 0 saturated carbocycles. The van der Waals surface area contributed by atoms with Crippen LogP contribution in [-0.4, -0.2) is 35.7 Å². The van der Waals surface area contributed by atoms with E-state index in [0.29, 0.717) is 17.1 Å². The molecule has 2 heterocycles. The molecule has 7 heteroatoms. The van der Waals surface area contributed by atoms with Crippen molar-refractivity contribution in [3.63, 3.8) is 0 Å². The SMILES string of the molecule is COC(=O)C1CSC(c2ccco2)N1C(=O)c1cccc(Br)c1. The first kappa shape index (κ1) is 16.1. The predicted octanol–water partition coefficient (Wildman–Crippen LogP) is 3.47. The first-order chi connectivity index (χ1) is 11.1. The third kappa shape index (κ3) is 3.16. The Hall–Kier alpha value is -1.73. The number of methoxy groups -OCH3 is 1. The van der Waals surface area contributed by atoms with Crippen LogP contribution < -0.4 is 0 Å². The van der Waals surface area contributed by atoms with E-state index in [1.54, 1.807) is 36.6 Å². The smallest absolute Gasteiger partial charge is 0.329 e. The average Bonchev–Trinajstić information content (AvgIpc) is 3.22. The number of nitrogens with zero attached hydrogens (tertiary/aromatic N) is 1. The Kier molecular flexibility index (Phi) is 4.77. The number of halogens is 1. The van der Waals surface area contributed by atoms with Crippen LogP contribution in [0.25, 0.3) is 0 Å². The second-order valence-electron chi connectivity index (χ2n) is 4.96.